The van der Waals surface area contributed by atoms with E-state index in [-0.39, 0.29) is 12.3 Å². The molecule has 91 heavy (non-hydrogen) atoms. The molecule has 1 aromatic heterocycles. The monoisotopic (exact) mass is 1300 g/mol. The second-order valence-electron chi connectivity index (χ2n) is 20.6. The normalized spacial score (nSPS) is 13.1. The molecule has 0 spiro atoms. The third kappa shape index (κ3) is 14.1. The molecule has 28 heteroatoms. The number of nitrogens with zero attached hydrogens (tertiary/aromatic N) is 1. The van der Waals surface area contributed by atoms with E-state index in [0.29, 0.717) is 11.4 Å². The van der Waals surface area contributed by atoms with Crippen LogP contribution in [0.1, 0.15) is 54.9 Å². The molecule has 0 N–H and O–H groups in total. The Labute approximate surface area is 496 Å². The Bertz CT molecular complexity index is 3900. The molecule has 10 aromatic rings. The van der Waals surface area contributed by atoms with Crippen molar-refractivity contribution >= 4 is 66.1 Å². The quantitative estimate of drug-likeness (QED) is 0.0474. The standard InChI is InChI=1S/C32H12BF24.C31H22NO2/c34-25(35,36)13-1-14(26(37,38)39)6-21(5-13)33(22-7-15(27(40,41)42)2-16(8-22)28(43,44)45,23-9-17(29(46,47)48)3-18(10-23)30(49,50)51)24-11-19(31(52,53)54)4-20(12-24)32(55,56)57;33-29(23-11-2-1-3-12-23)21-32-19-18-22-10-4-9-17-28(22)31(32)34-30-26-15-7-5-13-24(26)20-25-14-6-8-16-27(25)30/h1-12H;1-20H,21H2/q-1;+1. The first kappa shape index (κ1) is 66.2. The van der Waals surface area contributed by atoms with Crippen LogP contribution in [0.15, 0.2) is 194 Å². The number of hydrogen-bond acceptors (Lipinski definition) is 2. The highest BCUT2D eigenvalue weighted by Gasteiger charge is 2.47. The molecule has 0 aliphatic heterocycles. The predicted octanol–water partition coefficient (Wildman–Crippen LogP) is 18.3. The van der Waals surface area contributed by atoms with Crippen LogP contribution in [0.2, 0.25) is 0 Å². The number of Topliss-reactive ketones (excluding diaryl/α,β-unsaturated/α-hetero) is 1. The van der Waals surface area contributed by atoms with Crippen molar-refractivity contribution < 1.29 is 119 Å². The summed E-state index contributed by atoms with van der Waals surface area (Å²) in [7, 11) is 0. The average molecular weight is 1300 g/mol. The number of halogens is 24. The molecule has 0 bridgehead atoms. The lowest BCUT2D eigenvalue weighted by Crippen LogP contribution is -2.75. The Morgan fingerprint density at radius 3 is 0.901 bits per heavy atom. The number of benzene rings is 9. The van der Waals surface area contributed by atoms with Gasteiger partial charge in [-0.3, -0.25) is 4.79 Å². The summed E-state index contributed by atoms with van der Waals surface area (Å²) in [6.07, 6.45) is -52.9. The van der Waals surface area contributed by atoms with Crippen LogP contribution in [0.4, 0.5) is 105 Å². The minimum Gasteiger partial charge on any atom is -0.403 e. The Kier molecular flexibility index (Phi) is 17.1. The van der Waals surface area contributed by atoms with Crippen LogP contribution in [0, 0.1) is 0 Å². The van der Waals surface area contributed by atoms with E-state index in [1.807, 2.05) is 89.6 Å². The smallest absolute Gasteiger partial charge is 0.403 e. The molecule has 0 saturated heterocycles. The molecule has 474 valence electrons. The number of carbonyl (C=O) groups excluding carboxylic acids is 1. The van der Waals surface area contributed by atoms with Gasteiger partial charge in [-0.25, -0.2) is 0 Å². The van der Waals surface area contributed by atoms with Gasteiger partial charge in [0.15, 0.2) is 6.20 Å². The molecule has 10 rings (SSSR count). The minimum absolute atomic E-state index is 0.0357. The fourth-order valence-electron chi connectivity index (χ4n) is 10.6. The van der Waals surface area contributed by atoms with Crippen LogP contribution in [-0.4, -0.2) is 11.9 Å². The maximum atomic E-state index is 14.2. The van der Waals surface area contributed by atoms with Gasteiger partial charge in [0.25, 0.3) is 0 Å². The van der Waals surface area contributed by atoms with Crippen LogP contribution in [0.3, 0.4) is 0 Å². The molecule has 9 aromatic carbocycles. The molecule has 0 saturated carbocycles. The van der Waals surface area contributed by atoms with Gasteiger partial charge >= 0.3 is 55.3 Å². The summed E-state index contributed by atoms with van der Waals surface area (Å²) in [5.41, 5.74) is -29.5. The molecule has 0 amide bonds. The van der Waals surface area contributed by atoms with Gasteiger partial charge in [-0.2, -0.15) is 132 Å². The van der Waals surface area contributed by atoms with Crippen molar-refractivity contribution in [2.24, 2.45) is 0 Å². The summed E-state index contributed by atoms with van der Waals surface area (Å²) in [6.45, 7) is 0.187. The number of carbonyl (C=O) groups is 1. The number of alkyl halides is 24. The summed E-state index contributed by atoms with van der Waals surface area (Å²) >= 11 is 0. The summed E-state index contributed by atoms with van der Waals surface area (Å²) in [5, 5.41) is 6.32. The van der Waals surface area contributed by atoms with Crippen LogP contribution < -0.4 is 31.2 Å². The van der Waals surface area contributed by atoms with E-state index in [2.05, 4.69) is 36.4 Å². The number of ether oxygens (including phenoxy) is 1. The van der Waals surface area contributed by atoms with Gasteiger partial charge < -0.3 is 4.74 Å². The SMILES string of the molecule is FC(F)(F)c1cc([B-](c2cc(C(F)(F)F)cc(C(F)(F)F)c2)(c2cc(C(F)(F)F)cc(C(F)(F)F)c2)c2cc(C(F)(F)F)cc(C(F)(F)F)c2)cc(C(F)(F)F)c1.O=C(C[n+]1ccc2ccccc2c1Oc1c2ccccc2cc2ccccc12)c1ccccc1. The van der Waals surface area contributed by atoms with E-state index < -0.39 is 195 Å². The van der Waals surface area contributed by atoms with Crippen LogP contribution >= 0.6 is 0 Å². The van der Waals surface area contributed by atoms with E-state index in [1.165, 1.54) is 0 Å². The highest BCUT2D eigenvalue weighted by Crippen LogP contribution is 2.43. The summed E-state index contributed by atoms with van der Waals surface area (Å²) in [4.78, 5) is 13.1. The van der Waals surface area contributed by atoms with Gasteiger partial charge in [-0.15, -0.1) is 0 Å². The fraction of sp³-hybridized carbons (Fsp3) is 0.143. The molecule has 3 nitrogen and oxygen atoms in total. The van der Waals surface area contributed by atoms with E-state index in [1.54, 1.807) is 0 Å². The third-order valence-electron chi connectivity index (χ3n) is 14.7. The molecule has 0 fully saturated rings. The number of rotatable bonds is 9. The van der Waals surface area contributed by atoms with Crippen molar-refractivity contribution in [2.75, 3.05) is 0 Å². The van der Waals surface area contributed by atoms with Crippen molar-refractivity contribution in [1.82, 2.24) is 0 Å². The lowest BCUT2D eigenvalue weighted by atomic mass is 9.12. The first-order valence-electron chi connectivity index (χ1n) is 26.0. The summed E-state index contributed by atoms with van der Waals surface area (Å²) in [5.74, 6) is 1.49. The number of pyridine rings is 1. The van der Waals surface area contributed by atoms with Gasteiger partial charge in [0.05, 0.1) is 49.9 Å². The van der Waals surface area contributed by atoms with E-state index in [0.717, 1.165) is 38.1 Å². The molecule has 0 atom stereocenters. The molecular weight excluding hydrogens is 1270 g/mol. The number of fused-ring (bicyclic) bond motifs is 3. The van der Waals surface area contributed by atoms with Gasteiger partial charge in [0.2, 0.25) is 12.3 Å². The largest absolute Gasteiger partial charge is 0.416 e. The molecule has 1 heterocycles. The Hall–Kier alpha value is -9.24. The maximum Gasteiger partial charge on any atom is 0.416 e. The molecule has 0 aliphatic rings. The number of ketones is 1. The zero-order chi connectivity index (χ0) is 66.8. The second kappa shape index (κ2) is 23.5. The minimum atomic E-state index is -6.13. The van der Waals surface area contributed by atoms with Crippen LogP contribution in [0.25, 0.3) is 32.3 Å². The summed E-state index contributed by atoms with van der Waals surface area (Å²) in [6, 6.07) is 29.4. The summed E-state index contributed by atoms with van der Waals surface area (Å²) < 4.78 is 350. The third-order valence-corrected chi connectivity index (χ3v) is 14.7. The van der Waals surface area contributed by atoms with Crippen LogP contribution in [-0.2, 0) is 56.0 Å². The molecular formula is C63H34BF24NO2. The zero-order valence-electron chi connectivity index (χ0n) is 45.1. The zero-order valence-corrected chi connectivity index (χ0v) is 45.1. The highest BCUT2D eigenvalue weighted by molar-refractivity contribution is 7.20. The lowest BCUT2D eigenvalue weighted by Gasteiger charge is -2.46. The van der Waals surface area contributed by atoms with E-state index >= 15 is 0 Å². The lowest BCUT2D eigenvalue weighted by molar-refractivity contribution is -0.685. The van der Waals surface area contributed by atoms with E-state index in [4.69, 9.17) is 4.74 Å². The molecule has 0 unspecified atom stereocenters. The average Bonchev–Trinajstić information content (AvgIpc) is 0.711. The molecule has 0 aliphatic carbocycles. The van der Waals surface area contributed by atoms with Crippen molar-refractivity contribution in [2.45, 2.75) is 56.0 Å². The fourth-order valence-corrected chi connectivity index (χ4v) is 10.6. The maximum absolute atomic E-state index is 14.2. The van der Waals surface area contributed by atoms with Crippen molar-refractivity contribution in [3.63, 3.8) is 0 Å². The van der Waals surface area contributed by atoms with Crippen LogP contribution in [0.5, 0.6) is 11.6 Å². The molecule has 0 radical (unpaired) electrons. The van der Waals surface area contributed by atoms with Gasteiger partial charge in [0.1, 0.15) is 11.9 Å². The van der Waals surface area contributed by atoms with Gasteiger partial charge in [0, 0.05) is 22.4 Å². The van der Waals surface area contributed by atoms with Gasteiger partial charge in [-0.1, -0.05) is 146 Å². The highest BCUT2D eigenvalue weighted by atomic mass is 19.4. The van der Waals surface area contributed by atoms with E-state index in [9.17, 15) is 110 Å². The topological polar surface area (TPSA) is 30.2 Å². The Morgan fingerprint density at radius 2 is 0.593 bits per heavy atom. The number of hydrogen-bond donors (Lipinski definition) is 0. The first-order valence-corrected chi connectivity index (χ1v) is 26.0. The Balaban J connectivity index is 0.000000242. The predicted molar refractivity (Wildman–Crippen MR) is 287 cm³/mol. The van der Waals surface area contributed by atoms with Crippen molar-refractivity contribution in [3.05, 3.63) is 244 Å². The first-order chi connectivity index (χ1) is 42.0. The Morgan fingerprint density at radius 1 is 0.319 bits per heavy atom. The second-order valence-corrected chi connectivity index (χ2v) is 20.6. The van der Waals surface area contributed by atoms with Crippen molar-refractivity contribution in [1.29, 1.82) is 0 Å². The van der Waals surface area contributed by atoms with Gasteiger partial charge in [-0.05, 0) is 52.6 Å². The van der Waals surface area contributed by atoms with Crippen molar-refractivity contribution in [3.8, 4) is 11.6 Å². The number of aromatic nitrogens is 1.